The lowest BCUT2D eigenvalue weighted by Crippen LogP contribution is -2.34. The zero-order valence-corrected chi connectivity index (χ0v) is 11.7. The van der Waals surface area contributed by atoms with Crippen molar-refractivity contribution in [2.75, 3.05) is 0 Å². The highest BCUT2D eigenvalue weighted by atomic mass is 79.9. The number of nitrogens with one attached hydrogen (secondary N) is 2. The monoisotopic (exact) mass is 306 g/mol. The smallest absolute Gasteiger partial charge is 0.267 e. The fraction of sp³-hybridized carbons (Fsp3) is 0.214. The maximum absolute atomic E-state index is 11.9. The Morgan fingerprint density at radius 3 is 2.72 bits per heavy atom. The van der Waals surface area contributed by atoms with Crippen LogP contribution in [-0.2, 0) is 6.42 Å². The van der Waals surface area contributed by atoms with Crippen molar-refractivity contribution >= 4 is 21.8 Å². The SMILES string of the molecule is CC(Cc1ccccc1)NC(=O)c1cc(Br)c[nH]1. The van der Waals surface area contributed by atoms with Crippen LogP contribution in [0.15, 0.2) is 47.1 Å². The highest BCUT2D eigenvalue weighted by molar-refractivity contribution is 9.10. The van der Waals surface area contributed by atoms with Crippen LogP contribution in [0.25, 0.3) is 0 Å². The molecule has 1 aromatic heterocycles. The summed E-state index contributed by atoms with van der Waals surface area (Å²) in [7, 11) is 0. The van der Waals surface area contributed by atoms with Gasteiger partial charge >= 0.3 is 0 Å². The van der Waals surface area contributed by atoms with Crippen LogP contribution in [0.3, 0.4) is 0 Å². The first kappa shape index (κ1) is 12.9. The summed E-state index contributed by atoms with van der Waals surface area (Å²) in [6, 6.07) is 12.0. The van der Waals surface area contributed by atoms with Crippen molar-refractivity contribution in [3.05, 3.63) is 58.3 Å². The average Bonchev–Trinajstić information content (AvgIpc) is 2.77. The molecule has 1 unspecified atom stereocenters. The summed E-state index contributed by atoms with van der Waals surface area (Å²) in [5.74, 6) is -0.0795. The molecule has 0 aliphatic heterocycles. The minimum atomic E-state index is -0.0795. The molecule has 3 nitrogen and oxygen atoms in total. The van der Waals surface area contributed by atoms with E-state index in [2.05, 4.69) is 38.4 Å². The number of hydrogen-bond donors (Lipinski definition) is 2. The predicted molar refractivity (Wildman–Crippen MR) is 75.6 cm³/mol. The summed E-state index contributed by atoms with van der Waals surface area (Å²) in [6.45, 7) is 2.00. The Morgan fingerprint density at radius 1 is 1.39 bits per heavy atom. The van der Waals surface area contributed by atoms with E-state index in [4.69, 9.17) is 0 Å². The van der Waals surface area contributed by atoms with E-state index in [0.717, 1.165) is 10.9 Å². The van der Waals surface area contributed by atoms with Crippen molar-refractivity contribution in [1.82, 2.24) is 10.3 Å². The molecule has 0 spiro atoms. The van der Waals surface area contributed by atoms with Crippen LogP contribution < -0.4 is 5.32 Å². The molecule has 1 heterocycles. The van der Waals surface area contributed by atoms with E-state index in [0.29, 0.717) is 5.69 Å². The van der Waals surface area contributed by atoms with Gasteiger partial charge in [-0.3, -0.25) is 4.79 Å². The third-order valence-electron chi connectivity index (χ3n) is 2.65. The van der Waals surface area contributed by atoms with Gasteiger partial charge in [0.15, 0.2) is 0 Å². The highest BCUT2D eigenvalue weighted by Gasteiger charge is 2.11. The van der Waals surface area contributed by atoms with Crippen molar-refractivity contribution < 1.29 is 4.79 Å². The molecule has 2 rings (SSSR count). The van der Waals surface area contributed by atoms with Crippen LogP contribution in [0.1, 0.15) is 23.0 Å². The Labute approximate surface area is 115 Å². The quantitative estimate of drug-likeness (QED) is 0.895. The summed E-state index contributed by atoms with van der Waals surface area (Å²) in [5, 5.41) is 2.97. The summed E-state index contributed by atoms with van der Waals surface area (Å²) >= 11 is 3.31. The molecule has 1 aromatic carbocycles. The molecule has 18 heavy (non-hydrogen) atoms. The first-order valence-electron chi connectivity index (χ1n) is 5.84. The van der Waals surface area contributed by atoms with Gasteiger partial charge in [0, 0.05) is 16.7 Å². The molecule has 2 N–H and O–H groups in total. The number of rotatable bonds is 4. The maximum Gasteiger partial charge on any atom is 0.267 e. The largest absolute Gasteiger partial charge is 0.356 e. The van der Waals surface area contributed by atoms with Crippen LogP contribution in [0.4, 0.5) is 0 Å². The third-order valence-corrected chi connectivity index (χ3v) is 3.11. The second kappa shape index (κ2) is 5.87. The van der Waals surface area contributed by atoms with Gasteiger partial charge in [0.25, 0.3) is 5.91 Å². The number of halogens is 1. The fourth-order valence-electron chi connectivity index (χ4n) is 1.82. The molecule has 0 aliphatic rings. The predicted octanol–water partition coefficient (Wildman–Crippen LogP) is 3.14. The fourth-order valence-corrected chi connectivity index (χ4v) is 2.16. The summed E-state index contributed by atoms with van der Waals surface area (Å²) in [6.07, 6.45) is 2.57. The number of aromatic nitrogens is 1. The van der Waals surface area contributed by atoms with Gasteiger partial charge in [-0.05, 0) is 40.9 Å². The van der Waals surface area contributed by atoms with Gasteiger partial charge < -0.3 is 10.3 Å². The van der Waals surface area contributed by atoms with Gasteiger partial charge in [-0.15, -0.1) is 0 Å². The van der Waals surface area contributed by atoms with Gasteiger partial charge in [0.05, 0.1) is 0 Å². The Balaban J connectivity index is 1.92. The lowest BCUT2D eigenvalue weighted by atomic mass is 10.1. The molecular formula is C14H15BrN2O. The number of hydrogen-bond acceptors (Lipinski definition) is 1. The summed E-state index contributed by atoms with van der Waals surface area (Å²) in [4.78, 5) is 14.8. The van der Waals surface area contributed by atoms with Crippen molar-refractivity contribution in [3.8, 4) is 0 Å². The number of amides is 1. The molecule has 4 heteroatoms. The van der Waals surface area contributed by atoms with Gasteiger partial charge in [0.1, 0.15) is 5.69 Å². The minimum absolute atomic E-state index is 0.0795. The Kier molecular flexibility index (Phi) is 4.20. The van der Waals surface area contributed by atoms with Crippen LogP contribution in [-0.4, -0.2) is 16.9 Å². The Hall–Kier alpha value is -1.55. The topological polar surface area (TPSA) is 44.9 Å². The number of benzene rings is 1. The average molecular weight is 307 g/mol. The molecule has 0 fully saturated rings. The van der Waals surface area contributed by atoms with E-state index in [-0.39, 0.29) is 11.9 Å². The summed E-state index contributed by atoms with van der Waals surface area (Å²) in [5.41, 5.74) is 1.79. The van der Waals surface area contributed by atoms with Crippen LogP contribution in [0.5, 0.6) is 0 Å². The normalized spacial score (nSPS) is 12.1. The molecule has 0 bridgehead atoms. The second-order valence-corrected chi connectivity index (χ2v) is 5.21. The van der Waals surface area contributed by atoms with Crippen molar-refractivity contribution in [2.45, 2.75) is 19.4 Å². The maximum atomic E-state index is 11.9. The number of H-pyrrole nitrogens is 1. The van der Waals surface area contributed by atoms with Crippen LogP contribution in [0, 0.1) is 0 Å². The number of carbonyl (C=O) groups is 1. The van der Waals surface area contributed by atoms with E-state index in [9.17, 15) is 4.79 Å². The minimum Gasteiger partial charge on any atom is -0.356 e. The van der Waals surface area contributed by atoms with E-state index < -0.39 is 0 Å². The van der Waals surface area contributed by atoms with Gasteiger partial charge in [-0.2, -0.15) is 0 Å². The van der Waals surface area contributed by atoms with Crippen molar-refractivity contribution in [2.24, 2.45) is 0 Å². The van der Waals surface area contributed by atoms with E-state index in [1.807, 2.05) is 25.1 Å². The first-order chi connectivity index (χ1) is 8.65. The highest BCUT2D eigenvalue weighted by Crippen LogP contribution is 2.11. The molecule has 0 saturated carbocycles. The Bertz CT molecular complexity index is 522. The molecule has 0 aliphatic carbocycles. The van der Waals surface area contributed by atoms with E-state index in [1.165, 1.54) is 5.56 Å². The van der Waals surface area contributed by atoms with Crippen molar-refractivity contribution in [3.63, 3.8) is 0 Å². The molecule has 0 saturated heterocycles. The molecule has 2 aromatic rings. The number of aromatic amines is 1. The zero-order valence-electron chi connectivity index (χ0n) is 10.1. The van der Waals surface area contributed by atoms with Crippen molar-refractivity contribution in [1.29, 1.82) is 0 Å². The second-order valence-electron chi connectivity index (χ2n) is 4.30. The van der Waals surface area contributed by atoms with Gasteiger partial charge in [-0.1, -0.05) is 30.3 Å². The lowest BCUT2D eigenvalue weighted by molar-refractivity contribution is 0.0935. The zero-order chi connectivity index (χ0) is 13.0. The van der Waals surface area contributed by atoms with Gasteiger partial charge in [-0.25, -0.2) is 0 Å². The molecule has 1 amide bonds. The molecular weight excluding hydrogens is 292 g/mol. The van der Waals surface area contributed by atoms with Crippen LogP contribution in [0.2, 0.25) is 0 Å². The van der Waals surface area contributed by atoms with E-state index in [1.54, 1.807) is 12.3 Å². The van der Waals surface area contributed by atoms with E-state index >= 15 is 0 Å². The Morgan fingerprint density at radius 2 is 2.11 bits per heavy atom. The molecule has 1 atom stereocenters. The summed E-state index contributed by atoms with van der Waals surface area (Å²) < 4.78 is 0.878. The standard InChI is InChI=1S/C14H15BrN2O/c1-10(7-11-5-3-2-4-6-11)17-14(18)13-8-12(15)9-16-13/h2-6,8-10,16H,7H2,1H3,(H,17,18). The molecule has 0 radical (unpaired) electrons. The van der Waals surface area contributed by atoms with Crippen LogP contribution >= 0.6 is 15.9 Å². The third kappa shape index (κ3) is 3.47. The number of carbonyl (C=O) groups excluding carboxylic acids is 1. The molecule has 94 valence electrons. The first-order valence-corrected chi connectivity index (χ1v) is 6.63. The van der Waals surface area contributed by atoms with Gasteiger partial charge in [0.2, 0.25) is 0 Å². The lowest BCUT2D eigenvalue weighted by Gasteiger charge is -2.13.